The van der Waals surface area contributed by atoms with Crippen molar-refractivity contribution in [2.24, 2.45) is 0 Å². The number of nitrogens with one attached hydrogen (secondary N) is 1. The van der Waals surface area contributed by atoms with E-state index in [1.807, 2.05) is 47.9 Å². The molecule has 3 aromatic heterocycles. The first-order chi connectivity index (χ1) is 16.3. The fourth-order valence-electron chi connectivity index (χ4n) is 4.06. The molecule has 0 atom stereocenters. The molecule has 0 aliphatic carbocycles. The van der Waals surface area contributed by atoms with Gasteiger partial charge in [0.25, 0.3) is 0 Å². The van der Waals surface area contributed by atoms with Crippen molar-refractivity contribution in [2.45, 2.75) is 19.9 Å². The standard InChI is InChI=1S/C24H24ClN5O2S2/c1-3-20-22(12-26-24-28-21(15-33-24)16-4-7-19(25)8-5-16)30-14-17(6-9-23(30)27-20)18-10-11-29(13-18)34(2,31)32/h4-10,14-15H,3,11-13H2,1-2H3,(H,26,28). The largest absolute Gasteiger partial charge is 0.356 e. The molecule has 0 radical (unpaired) electrons. The van der Waals surface area contributed by atoms with Crippen molar-refractivity contribution in [1.82, 2.24) is 18.7 Å². The molecule has 0 spiro atoms. The Balaban J connectivity index is 1.39. The maximum Gasteiger partial charge on any atom is 0.211 e. The van der Waals surface area contributed by atoms with Crippen LogP contribution in [0.15, 0.2) is 54.1 Å². The third kappa shape index (κ3) is 4.61. The maximum atomic E-state index is 11.9. The van der Waals surface area contributed by atoms with Crippen molar-refractivity contribution >= 4 is 49.3 Å². The number of fused-ring (bicyclic) bond motifs is 1. The van der Waals surface area contributed by atoms with Crippen LogP contribution in [0, 0.1) is 0 Å². The highest BCUT2D eigenvalue weighted by Gasteiger charge is 2.23. The summed E-state index contributed by atoms with van der Waals surface area (Å²) < 4.78 is 27.4. The smallest absolute Gasteiger partial charge is 0.211 e. The van der Waals surface area contributed by atoms with Gasteiger partial charge in [-0.2, -0.15) is 4.31 Å². The summed E-state index contributed by atoms with van der Waals surface area (Å²) in [6, 6.07) is 11.7. The maximum absolute atomic E-state index is 11.9. The molecular weight excluding hydrogens is 490 g/mol. The van der Waals surface area contributed by atoms with Gasteiger partial charge < -0.3 is 9.72 Å². The zero-order valence-corrected chi connectivity index (χ0v) is 21.2. The van der Waals surface area contributed by atoms with Gasteiger partial charge in [-0.15, -0.1) is 11.3 Å². The van der Waals surface area contributed by atoms with Crippen LogP contribution in [0.5, 0.6) is 0 Å². The molecule has 4 aromatic rings. The lowest BCUT2D eigenvalue weighted by Gasteiger charge is -2.13. The van der Waals surface area contributed by atoms with Crippen LogP contribution in [0.1, 0.15) is 23.9 Å². The predicted octanol–water partition coefficient (Wildman–Crippen LogP) is 4.94. The Hall–Kier alpha value is -2.72. The first-order valence-electron chi connectivity index (χ1n) is 10.9. The predicted molar refractivity (Wildman–Crippen MR) is 139 cm³/mol. The first-order valence-corrected chi connectivity index (χ1v) is 14.0. The van der Waals surface area contributed by atoms with Crippen LogP contribution in [0.2, 0.25) is 5.02 Å². The minimum atomic E-state index is -3.21. The minimum absolute atomic E-state index is 0.389. The monoisotopic (exact) mass is 513 g/mol. The van der Waals surface area contributed by atoms with Crippen molar-refractivity contribution in [3.8, 4) is 11.3 Å². The van der Waals surface area contributed by atoms with Crippen LogP contribution >= 0.6 is 22.9 Å². The van der Waals surface area contributed by atoms with Gasteiger partial charge in [0.2, 0.25) is 10.0 Å². The van der Waals surface area contributed by atoms with Crippen molar-refractivity contribution in [2.75, 3.05) is 24.7 Å². The Morgan fingerprint density at radius 2 is 1.88 bits per heavy atom. The number of aromatic nitrogens is 3. The van der Waals surface area contributed by atoms with Gasteiger partial charge in [-0.3, -0.25) is 0 Å². The molecule has 1 aliphatic heterocycles. The number of sulfonamides is 1. The van der Waals surface area contributed by atoms with E-state index >= 15 is 0 Å². The van der Waals surface area contributed by atoms with Gasteiger partial charge in [-0.25, -0.2) is 18.4 Å². The zero-order valence-electron chi connectivity index (χ0n) is 18.8. The van der Waals surface area contributed by atoms with E-state index in [0.29, 0.717) is 24.7 Å². The van der Waals surface area contributed by atoms with E-state index < -0.39 is 10.0 Å². The quantitative estimate of drug-likeness (QED) is 0.378. The Bertz CT molecular complexity index is 1490. The van der Waals surface area contributed by atoms with Crippen LogP contribution in [0.25, 0.3) is 22.5 Å². The molecule has 0 saturated heterocycles. The van der Waals surface area contributed by atoms with Gasteiger partial charge in [0.1, 0.15) is 5.65 Å². The second-order valence-electron chi connectivity index (χ2n) is 8.19. The second-order valence-corrected chi connectivity index (χ2v) is 11.5. The molecule has 0 unspecified atom stereocenters. The summed E-state index contributed by atoms with van der Waals surface area (Å²) in [6.45, 7) is 3.47. The molecule has 1 aromatic carbocycles. The molecule has 1 aliphatic rings. The number of pyridine rings is 1. The summed E-state index contributed by atoms with van der Waals surface area (Å²) in [7, 11) is -3.21. The molecular formula is C24H24ClN5O2S2. The van der Waals surface area contributed by atoms with Crippen LogP contribution in [-0.4, -0.2) is 46.4 Å². The molecule has 0 saturated carbocycles. The number of halogens is 1. The molecule has 34 heavy (non-hydrogen) atoms. The number of benzene rings is 1. The average Bonchev–Trinajstić information content (AvgIpc) is 3.55. The SMILES string of the molecule is CCc1nc2ccc(C3=CCN(S(C)(=O)=O)C3)cn2c1CNc1nc(-c2ccc(Cl)cc2)cs1. The third-order valence-corrected chi connectivity index (χ3v) is 8.18. The van der Waals surface area contributed by atoms with Gasteiger partial charge in [0.15, 0.2) is 5.13 Å². The first kappa shape index (κ1) is 23.0. The number of thiazole rings is 1. The van der Waals surface area contributed by atoms with Crippen molar-refractivity contribution < 1.29 is 8.42 Å². The summed E-state index contributed by atoms with van der Waals surface area (Å²) >= 11 is 7.55. The van der Waals surface area contributed by atoms with E-state index in [0.717, 1.165) is 51.0 Å². The third-order valence-electron chi connectivity index (χ3n) is 5.91. The topological polar surface area (TPSA) is 79.6 Å². The van der Waals surface area contributed by atoms with E-state index in [2.05, 4.69) is 22.8 Å². The highest BCUT2D eigenvalue weighted by molar-refractivity contribution is 7.88. The number of aryl methyl sites for hydroxylation is 1. The molecule has 10 heteroatoms. The molecule has 176 valence electrons. The van der Waals surface area contributed by atoms with E-state index in [1.54, 1.807) is 11.3 Å². The summed E-state index contributed by atoms with van der Waals surface area (Å²) in [5.41, 5.74) is 6.90. The van der Waals surface area contributed by atoms with Crippen LogP contribution < -0.4 is 5.32 Å². The van der Waals surface area contributed by atoms with Crippen LogP contribution in [-0.2, 0) is 23.0 Å². The lowest BCUT2D eigenvalue weighted by Crippen LogP contribution is -2.27. The van der Waals surface area contributed by atoms with Crippen molar-refractivity contribution in [3.05, 3.63) is 76.0 Å². The lowest BCUT2D eigenvalue weighted by atomic mass is 10.1. The van der Waals surface area contributed by atoms with Crippen molar-refractivity contribution in [3.63, 3.8) is 0 Å². The lowest BCUT2D eigenvalue weighted by molar-refractivity contribution is 0.496. The number of nitrogens with zero attached hydrogens (tertiary/aromatic N) is 4. The van der Waals surface area contributed by atoms with Gasteiger partial charge in [0, 0.05) is 35.3 Å². The molecule has 5 rings (SSSR count). The molecule has 0 amide bonds. The Labute approximate surface area is 207 Å². The van der Waals surface area contributed by atoms with Crippen LogP contribution in [0.3, 0.4) is 0 Å². The van der Waals surface area contributed by atoms with Gasteiger partial charge >= 0.3 is 0 Å². The Kier molecular flexibility index (Phi) is 6.20. The fourth-order valence-corrected chi connectivity index (χ4v) is 5.63. The summed E-state index contributed by atoms with van der Waals surface area (Å²) in [5, 5.41) is 7.01. The van der Waals surface area contributed by atoms with E-state index in [9.17, 15) is 8.42 Å². The second kappa shape index (κ2) is 9.14. The number of anilines is 1. The molecule has 0 fully saturated rings. The van der Waals surface area contributed by atoms with Gasteiger partial charge in [-0.1, -0.05) is 36.7 Å². The average molecular weight is 514 g/mol. The summed E-state index contributed by atoms with van der Waals surface area (Å²) in [5.74, 6) is 0. The van der Waals surface area contributed by atoms with Crippen molar-refractivity contribution in [1.29, 1.82) is 0 Å². The fraction of sp³-hybridized carbons (Fsp3) is 0.250. The number of hydrogen-bond donors (Lipinski definition) is 1. The van der Waals surface area contributed by atoms with Gasteiger partial charge in [0.05, 0.1) is 29.9 Å². The van der Waals surface area contributed by atoms with Gasteiger partial charge in [-0.05, 0) is 41.8 Å². The van der Waals surface area contributed by atoms with E-state index in [-0.39, 0.29) is 0 Å². The highest BCUT2D eigenvalue weighted by atomic mass is 35.5. The number of imidazole rings is 1. The number of hydrogen-bond acceptors (Lipinski definition) is 6. The molecule has 7 nitrogen and oxygen atoms in total. The molecule has 1 N–H and O–H groups in total. The van der Waals surface area contributed by atoms with Crippen LogP contribution in [0.4, 0.5) is 5.13 Å². The molecule has 4 heterocycles. The normalized spacial score (nSPS) is 14.6. The number of rotatable bonds is 7. The minimum Gasteiger partial charge on any atom is -0.356 e. The highest BCUT2D eigenvalue weighted by Crippen LogP contribution is 2.28. The molecule has 0 bridgehead atoms. The van der Waals surface area contributed by atoms with E-state index in [4.69, 9.17) is 21.6 Å². The Morgan fingerprint density at radius 1 is 1.12 bits per heavy atom. The summed E-state index contributed by atoms with van der Waals surface area (Å²) in [6.07, 6.45) is 6.09. The zero-order chi connectivity index (χ0) is 23.9. The van der Waals surface area contributed by atoms with E-state index in [1.165, 1.54) is 10.6 Å². The summed E-state index contributed by atoms with van der Waals surface area (Å²) in [4.78, 5) is 9.51. The Morgan fingerprint density at radius 3 is 2.59 bits per heavy atom.